The molecule has 3 aromatic rings. The van der Waals surface area contributed by atoms with E-state index in [0.717, 1.165) is 30.0 Å². The largest absolute Gasteiger partial charge is 0.478 e. The van der Waals surface area contributed by atoms with Gasteiger partial charge in [-0.2, -0.15) is 13.2 Å². The molecule has 4 rings (SSSR count). The quantitative estimate of drug-likeness (QED) is 0.383. The zero-order valence-electron chi connectivity index (χ0n) is 19.7. The van der Waals surface area contributed by atoms with Crippen molar-refractivity contribution in [2.75, 3.05) is 18.6 Å². The third kappa shape index (κ3) is 4.45. The number of carboxylic acid groups (broad SMARTS) is 1. The van der Waals surface area contributed by atoms with Gasteiger partial charge in [-0.05, 0) is 52.6 Å². The van der Waals surface area contributed by atoms with E-state index in [-0.39, 0.29) is 27.4 Å². The number of hydrogen-bond acceptors (Lipinski definition) is 4. The molecule has 0 aliphatic carbocycles. The molecule has 6 nitrogen and oxygen atoms in total. The summed E-state index contributed by atoms with van der Waals surface area (Å²) in [7, 11) is 1.24. The van der Waals surface area contributed by atoms with Gasteiger partial charge in [0.05, 0.1) is 11.3 Å². The van der Waals surface area contributed by atoms with E-state index in [1.165, 1.54) is 31.3 Å². The second-order valence-corrected chi connectivity index (χ2v) is 9.18. The van der Waals surface area contributed by atoms with E-state index in [4.69, 9.17) is 21.4 Å². The van der Waals surface area contributed by atoms with Crippen LogP contribution < -0.4 is 9.64 Å². The summed E-state index contributed by atoms with van der Waals surface area (Å²) in [4.78, 5) is 23.9. The van der Waals surface area contributed by atoms with Gasteiger partial charge in [-0.15, -0.1) is 0 Å². The minimum absolute atomic E-state index is 0.156. The molecule has 0 saturated carbocycles. The number of nitrogens with zero attached hydrogens (tertiary/aromatic N) is 1. The number of halogens is 6. The molecule has 1 heterocycles. The minimum atomic E-state index is -5.32. The highest BCUT2D eigenvalue weighted by molar-refractivity contribution is 6.31. The lowest BCUT2D eigenvalue weighted by Crippen LogP contribution is -2.47. The van der Waals surface area contributed by atoms with Crippen LogP contribution in [0.25, 0.3) is 11.1 Å². The van der Waals surface area contributed by atoms with Crippen molar-refractivity contribution in [2.24, 2.45) is 0 Å². The van der Waals surface area contributed by atoms with Gasteiger partial charge in [0.25, 0.3) is 5.91 Å². The number of alkyl halides is 3. The monoisotopic (exact) mass is 555 g/mol. The van der Waals surface area contributed by atoms with Gasteiger partial charge in [0.1, 0.15) is 5.82 Å². The van der Waals surface area contributed by atoms with Gasteiger partial charge >= 0.3 is 12.1 Å². The SMILES string of the molecule is C[C@@H](c1ccc(-c2ccc(C(=O)O)c(F)c2)cc1Cl)[C@](O)(c1cc(F)c2c(c1)N(C)C(=O)CO2)C(F)(F)F. The van der Waals surface area contributed by atoms with Crippen LogP contribution in [0.1, 0.15) is 34.3 Å². The van der Waals surface area contributed by atoms with Crippen molar-refractivity contribution in [3.63, 3.8) is 0 Å². The number of carbonyl (C=O) groups excluding carboxylic acids is 1. The van der Waals surface area contributed by atoms with Gasteiger partial charge in [0.15, 0.2) is 23.8 Å². The van der Waals surface area contributed by atoms with E-state index in [9.17, 15) is 36.6 Å². The molecular formula is C26H19ClF5NO5. The number of carbonyl (C=O) groups is 2. The van der Waals surface area contributed by atoms with Crippen LogP contribution in [0, 0.1) is 11.6 Å². The normalized spacial score (nSPS) is 15.9. The number of amides is 1. The van der Waals surface area contributed by atoms with Gasteiger partial charge in [-0.3, -0.25) is 4.79 Å². The van der Waals surface area contributed by atoms with E-state index in [0.29, 0.717) is 6.07 Å². The number of ether oxygens (including phenoxy) is 1. The van der Waals surface area contributed by atoms with Crippen molar-refractivity contribution in [3.8, 4) is 16.9 Å². The average Bonchev–Trinajstić information content (AvgIpc) is 2.84. The first-order valence-electron chi connectivity index (χ1n) is 11.0. The maximum Gasteiger partial charge on any atom is 0.422 e. The van der Waals surface area contributed by atoms with Crippen molar-refractivity contribution >= 4 is 29.2 Å². The molecule has 1 aliphatic heterocycles. The Labute approximate surface area is 217 Å². The second-order valence-electron chi connectivity index (χ2n) is 8.77. The molecule has 0 spiro atoms. The molecule has 2 N–H and O–H groups in total. The lowest BCUT2D eigenvalue weighted by molar-refractivity contribution is -0.274. The molecule has 0 unspecified atom stereocenters. The van der Waals surface area contributed by atoms with E-state index in [1.807, 2.05) is 0 Å². The Bertz CT molecular complexity index is 1460. The van der Waals surface area contributed by atoms with Gasteiger partial charge in [0, 0.05) is 18.0 Å². The van der Waals surface area contributed by atoms with Crippen molar-refractivity contribution in [1.82, 2.24) is 0 Å². The fraction of sp³-hybridized carbons (Fsp3) is 0.231. The van der Waals surface area contributed by atoms with Crippen molar-refractivity contribution in [1.29, 1.82) is 0 Å². The van der Waals surface area contributed by atoms with Crippen LogP contribution in [0.5, 0.6) is 5.75 Å². The van der Waals surface area contributed by atoms with Crippen molar-refractivity contribution in [3.05, 3.63) is 81.9 Å². The maximum absolute atomic E-state index is 14.8. The molecular weight excluding hydrogens is 537 g/mol. The van der Waals surface area contributed by atoms with E-state index >= 15 is 0 Å². The van der Waals surface area contributed by atoms with E-state index in [2.05, 4.69) is 0 Å². The molecule has 200 valence electrons. The van der Waals surface area contributed by atoms with Crippen LogP contribution >= 0.6 is 11.6 Å². The Morgan fingerprint density at radius 2 is 1.68 bits per heavy atom. The summed E-state index contributed by atoms with van der Waals surface area (Å²) >= 11 is 6.31. The summed E-state index contributed by atoms with van der Waals surface area (Å²) in [5.41, 5.74) is -5.03. The third-order valence-electron chi connectivity index (χ3n) is 6.60. The summed E-state index contributed by atoms with van der Waals surface area (Å²) in [6.07, 6.45) is -5.32. The molecule has 0 aromatic heterocycles. The van der Waals surface area contributed by atoms with Crippen molar-refractivity contribution < 1.29 is 46.5 Å². The summed E-state index contributed by atoms with van der Waals surface area (Å²) in [6, 6.07) is 8.41. The molecule has 1 amide bonds. The molecule has 2 atom stereocenters. The molecule has 0 radical (unpaired) electrons. The zero-order valence-corrected chi connectivity index (χ0v) is 20.5. The molecule has 0 fully saturated rings. The number of fused-ring (bicyclic) bond motifs is 1. The summed E-state index contributed by atoms with van der Waals surface area (Å²) in [6.45, 7) is 0.559. The highest BCUT2D eigenvalue weighted by atomic mass is 35.5. The summed E-state index contributed by atoms with van der Waals surface area (Å²) < 4.78 is 77.4. The molecule has 1 aliphatic rings. The fourth-order valence-electron chi connectivity index (χ4n) is 4.37. The van der Waals surface area contributed by atoms with Crippen molar-refractivity contribution in [2.45, 2.75) is 24.6 Å². The lowest BCUT2D eigenvalue weighted by atomic mass is 9.77. The number of benzene rings is 3. The average molecular weight is 556 g/mol. The van der Waals surface area contributed by atoms with Crippen LogP contribution in [0.2, 0.25) is 5.02 Å². The zero-order chi connectivity index (χ0) is 28.2. The molecule has 0 bridgehead atoms. The Kier molecular flexibility index (Phi) is 6.87. The first-order chi connectivity index (χ1) is 17.7. The number of aromatic carboxylic acids is 1. The smallest absolute Gasteiger partial charge is 0.422 e. The first kappa shape index (κ1) is 27.3. The van der Waals surface area contributed by atoms with E-state index in [1.54, 1.807) is 0 Å². The first-order valence-corrected chi connectivity index (χ1v) is 11.4. The van der Waals surface area contributed by atoms with Crippen LogP contribution in [0.15, 0.2) is 48.5 Å². The lowest BCUT2D eigenvalue weighted by Gasteiger charge is -2.38. The second kappa shape index (κ2) is 9.55. The molecule has 0 saturated heterocycles. The number of hydrogen-bond donors (Lipinski definition) is 2. The van der Waals surface area contributed by atoms with Crippen LogP contribution in [-0.2, 0) is 10.4 Å². The number of carboxylic acids is 1. The van der Waals surface area contributed by atoms with Crippen LogP contribution in [0.3, 0.4) is 0 Å². The van der Waals surface area contributed by atoms with Gasteiger partial charge in [-0.25, -0.2) is 13.6 Å². The number of anilines is 1. The molecule has 12 heteroatoms. The predicted octanol–water partition coefficient (Wildman–Crippen LogP) is 5.89. The topological polar surface area (TPSA) is 87.1 Å². The summed E-state index contributed by atoms with van der Waals surface area (Å²) in [5.74, 6) is -6.50. The van der Waals surface area contributed by atoms with Gasteiger partial charge < -0.3 is 19.8 Å². The number of aliphatic hydroxyl groups is 1. The van der Waals surface area contributed by atoms with Crippen LogP contribution in [-0.4, -0.2) is 41.9 Å². The van der Waals surface area contributed by atoms with E-state index < -0.39 is 64.7 Å². The third-order valence-corrected chi connectivity index (χ3v) is 6.93. The fourth-order valence-corrected chi connectivity index (χ4v) is 4.71. The maximum atomic E-state index is 14.8. The molecule has 38 heavy (non-hydrogen) atoms. The molecule has 3 aromatic carbocycles. The van der Waals surface area contributed by atoms with Gasteiger partial charge in [-0.1, -0.05) is 36.7 Å². The Morgan fingerprint density at radius 3 is 2.26 bits per heavy atom. The Balaban J connectivity index is 1.79. The predicted molar refractivity (Wildman–Crippen MR) is 127 cm³/mol. The Hall–Kier alpha value is -3.70. The minimum Gasteiger partial charge on any atom is -0.478 e. The standard InChI is InChI=1S/C26H19ClF5NO5/c1-12(16-5-3-13(7-18(16)27)14-4-6-17(24(35)36)19(28)8-14)25(37,26(30,31)32)15-9-20(29)23-21(10-15)33(2)22(34)11-38-23/h3-10,12,37H,11H2,1-2H3,(H,35,36)/t12-,25-/m0/s1. The van der Waals surface area contributed by atoms with Gasteiger partial charge in [0.2, 0.25) is 0 Å². The number of rotatable bonds is 5. The Morgan fingerprint density at radius 1 is 1.05 bits per heavy atom. The number of likely N-dealkylation sites (N-methyl/N-ethyl adjacent to an activating group) is 1. The highest BCUT2D eigenvalue weighted by Crippen LogP contribution is 2.52. The summed E-state index contributed by atoms with van der Waals surface area (Å²) in [5, 5.41) is 19.9. The van der Waals surface area contributed by atoms with Crippen LogP contribution in [0.4, 0.5) is 27.6 Å². The highest BCUT2D eigenvalue weighted by Gasteiger charge is 2.59.